The third-order valence-electron chi connectivity index (χ3n) is 2.66. The van der Waals surface area contributed by atoms with Gasteiger partial charge in [-0.25, -0.2) is 0 Å². The number of rotatable bonds is 5. The molecule has 0 aromatic carbocycles. The summed E-state index contributed by atoms with van der Waals surface area (Å²) in [4.78, 5) is 12.7. The van der Waals surface area contributed by atoms with Crippen LogP contribution >= 0.6 is 0 Å². The molecule has 1 aliphatic carbocycles. The Hall–Kier alpha value is -0.780. The van der Waals surface area contributed by atoms with Gasteiger partial charge >= 0.3 is 6.18 Å². The lowest BCUT2D eigenvalue weighted by atomic mass is 10.0. The highest BCUT2D eigenvalue weighted by Gasteiger charge is 2.41. The van der Waals surface area contributed by atoms with E-state index in [9.17, 15) is 18.0 Å². The summed E-state index contributed by atoms with van der Waals surface area (Å²) >= 11 is 0. The SMILES string of the molecule is CC(C)C[C@H](N)C(=O)N(CC(F)(F)F)C1CC1. The van der Waals surface area contributed by atoms with E-state index >= 15 is 0 Å². The molecule has 0 radical (unpaired) electrons. The molecule has 1 saturated carbocycles. The van der Waals surface area contributed by atoms with Crippen LogP contribution in [-0.4, -0.2) is 35.6 Å². The molecule has 3 nitrogen and oxygen atoms in total. The molecule has 0 saturated heterocycles. The number of alkyl halides is 3. The first-order valence-electron chi connectivity index (χ1n) is 5.83. The minimum Gasteiger partial charge on any atom is -0.329 e. The molecular weight excluding hydrogens is 233 g/mol. The summed E-state index contributed by atoms with van der Waals surface area (Å²) in [5, 5.41) is 0. The average Bonchev–Trinajstić information content (AvgIpc) is 2.93. The van der Waals surface area contributed by atoms with Crippen molar-refractivity contribution in [3.63, 3.8) is 0 Å². The standard InChI is InChI=1S/C11H19F3N2O/c1-7(2)5-9(15)10(17)16(8-3-4-8)6-11(12,13)14/h7-9H,3-6,15H2,1-2H3/t9-/m0/s1. The molecule has 0 aromatic heterocycles. The van der Waals surface area contributed by atoms with Crippen LogP contribution in [0.4, 0.5) is 13.2 Å². The van der Waals surface area contributed by atoms with E-state index in [1.54, 1.807) is 0 Å². The number of hydrogen-bond acceptors (Lipinski definition) is 2. The average molecular weight is 252 g/mol. The third kappa shape index (κ3) is 4.93. The van der Waals surface area contributed by atoms with Gasteiger partial charge in [0.25, 0.3) is 0 Å². The fourth-order valence-electron chi connectivity index (χ4n) is 1.79. The monoisotopic (exact) mass is 252 g/mol. The number of nitrogens with two attached hydrogens (primary N) is 1. The molecule has 1 amide bonds. The van der Waals surface area contributed by atoms with Crippen LogP contribution in [0.5, 0.6) is 0 Å². The maximum absolute atomic E-state index is 12.3. The smallest absolute Gasteiger partial charge is 0.329 e. The van der Waals surface area contributed by atoms with Crippen LogP contribution in [0.1, 0.15) is 33.1 Å². The molecule has 100 valence electrons. The van der Waals surface area contributed by atoms with Gasteiger partial charge in [-0.3, -0.25) is 4.79 Å². The zero-order valence-corrected chi connectivity index (χ0v) is 10.1. The second kappa shape index (κ2) is 5.25. The zero-order valence-electron chi connectivity index (χ0n) is 10.1. The minimum atomic E-state index is -4.35. The molecule has 0 aliphatic heterocycles. The van der Waals surface area contributed by atoms with Crippen LogP contribution in [-0.2, 0) is 4.79 Å². The van der Waals surface area contributed by atoms with Crippen molar-refractivity contribution in [2.75, 3.05) is 6.54 Å². The fraction of sp³-hybridized carbons (Fsp3) is 0.909. The summed E-state index contributed by atoms with van der Waals surface area (Å²) in [6, 6.07) is -1.08. The Morgan fingerprint density at radius 3 is 2.29 bits per heavy atom. The van der Waals surface area contributed by atoms with E-state index in [2.05, 4.69) is 0 Å². The van der Waals surface area contributed by atoms with E-state index in [-0.39, 0.29) is 12.0 Å². The van der Waals surface area contributed by atoms with Gasteiger partial charge in [-0.05, 0) is 25.2 Å². The lowest BCUT2D eigenvalue weighted by molar-refractivity contribution is -0.163. The number of nitrogens with zero attached hydrogens (tertiary/aromatic N) is 1. The van der Waals surface area contributed by atoms with Gasteiger partial charge in [0.05, 0.1) is 6.04 Å². The van der Waals surface area contributed by atoms with Crippen molar-refractivity contribution in [1.82, 2.24) is 4.90 Å². The van der Waals surface area contributed by atoms with E-state index in [1.807, 2.05) is 13.8 Å². The van der Waals surface area contributed by atoms with E-state index in [1.165, 1.54) is 0 Å². The summed E-state index contributed by atoms with van der Waals surface area (Å²) in [5.41, 5.74) is 5.64. The Balaban J connectivity index is 2.60. The fourth-order valence-corrected chi connectivity index (χ4v) is 1.79. The molecule has 1 fully saturated rings. The molecule has 1 rings (SSSR count). The topological polar surface area (TPSA) is 46.3 Å². The van der Waals surface area contributed by atoms with Gasteiger partial charge in [0.1, 0.15) is 6.54 Å². The Bertz CT molecular complexity index is 274. The lowest BCUT2D eigenvalue weighted by Gasteiger charge is -2.27. The highest BCUT2D eigenvalue weighted by atomic mass is 19.4. The number of carbonyl (C=O) groups excluding carboxylic acids is 1. The molecule has 2 N–H and O–H groups in total. The van der Waals surface area contributed by atoms with Crippen molar-refractivity contribution >= 4 is 5.91 Å². The van der Waals surface area contributed by atoms with Gasteiger partial charge in [0, 0.05) is 6.04 Å². The molecular formula is C11H19F3N2O. The number of amides is 1. The summed E-state index contributed by atoms with van der Waals surface area (Å²) in [6.45, 7) is 2.60. The summed E-state index contributed by atoms with van der Waals surface area (Å²) in [6.07, 6.45) is -2.64. The quantitative estimate of drug-likeness (QED) is 0.812. The van der Waals surface area contributed by atoms with Gasteiger partial charge in [-0.2, -0.15) is 13.2 Å². The third-order valence-corrected chi connectivity index (χ3v) is 2.66. The molecule has 0 unspecified atom stereocenters. The van der Waals surface area contributed by atoms with Gasteiger partial charge < -0.3 is 10.6 Å². The van der Waals surface area contributed by atoms with Crippen LogP contribution in [0, 0.1) is 5.92 Å². The van der Waals surface area contributed by atoms with E-state index in [4.69, 9.17) is 5.73 Å². The van der Waals surface area contributed by atoms with Crippen molar-refractivity contribution in [3.8, 4) is 0 Å². The molecule has 0 spiro atoms. The van der Waals surface area contributed by atoms with Crippen molar-refractivity contribution < 1.29 is 18.0 Å². The molecule has 1 atom stereocenters. The van der Waals surface area contributed by atoms with Crippen LogP contribution in [0.25, 0.3) is 0 Å². The number of hydrogen-bond donors (Lipinski definition) is 1. The predicted octanol–water partition coefficient (Wildman–Crippen LogP) is 1.91. The first kappa shape index (κ1) is 14.3. The molecule has 0 heterocycles. The van der Waals surface area contributed by atoms with Crippen LogP contribution in [0.3, 0.4) is 0 Å². The maximum Gasteiger partial charge on any atom is 0.406 e. The second-order valence-electron chi connectivity index (χ2n) is 5.05. The maximum atomic E-state index is 12.3. The Morgan fingerprint density at radius 1 is 1.41 bits per heavy atom. The molecule has 17 heavy (non-hydrogen) atoms. The van der Waals surface area contributed by atoms with Crippen LogP contribution in [0.15, 0.2) is 0 Å². The normalized spacial score (nSPS) is 18.3. The second-order valence-corrected chi connectivity index (χ2v) is 5.05. The first-order valence-corrected chi connectivity index (χ1v) is 5.83. The predicted molar refractivity (Wildman–Crippen MR) is 58.2 cm³/mol. The van der Waals surface area contributed by atoms with Gasteiger partial charge in [0.15, 0.2) is 0 Å². The highest BCUT2D eigenvalue weighted by Crippen LogP contribution is 2.30. The molecule has 0 bridgehead atoms. The van der Waals surface area contributed by atoms with E-state index in [0.29, 0.717) is 19.3 Å². The lowest BCUT2D eigenvalue weighted by Crippen LogP contribution is -2.48. The highest BCUT2D eigenvalue weighted by molar-refractivity contribution is 5.82. The Morgan fingerprint density at radius 2 is 1.94 bits per heavy atom. The van der Waals surface area contributed by atoms with Gasteiger partial charge in [-0.15, -0.1) is 0 Å². The van der Waals surface area contributed by atoms with Crippen molar-refractivity contribution in [1.29, 1.82) is 0 Å². The van der Waals surface area contributed by atoms with Crippen molar-refractivity contribution in [2.45, 2.75) is 51.4 Å². The van der Waals surface area contributed by atoms with Crippen molar-refractivity contribution in [3.05, 3.63) is 0 Å². The largest absolute Gasteiger partial charge is 0.406 e. The number of carbonyl (C=O) groups is 1. The van der Waals surface area contributed by atoms with Crippen molar-refractivity contribution in [2.24, 2.45) is 11.7 Å². The van der Waals surface area contributed by atoms with E-state index in [0.717, 1.165) is 4.90 Å². The van der Waals surface area contributed by atoms with Crippen LogP contribution in [0.2, 0.25) is 0 Å². The Labute approximate surface area is 99.1 Å². The first-order chi connectivity index (χ1) is 7.70. The zero-order chi connectivity index (χ0) is 13.2. The van der Waals surface area contributed by atoms with Gasteiger partial charge in [0.2, 0.25) is 5.91 Å². The molecule has 1 aliphatic rings. The van der Waals surface area contributed by atoms with E-state index < -0.39 is 24.7 Å². The van der Waals surface area contributed by atoms with Crippen LogP contribution < -0.4 is 5.73 Å². The Kier molecular flexibility index (Phi) is 4.41. The molecule has 6 heteroatoms. The van der Waals surface area contributed by atoms with Gasteiger partial charge in [-0.1, -0.05) is 13.8 Å². The summed E-state index contributed by atoms with van der Waals surface area (Å²) in [7, 11) is 0. The number of halogens is 3. The molecule has 0 aromatic rings. The summed E-state index contributed by atoms with van der Waals surface area (Å²) in [5.74, 6) is -0.376. The summed E-state index contributed by atoms with van der Waals surface area (Å²) < 4.78 is 37.0. The minimum absolute atomic E-state index is 0.195.